The van der Waals surface area contributed by atoms with Gasteiger partial charge in [-0.3, -0.25) is 0 Å². The maximum atomic E-state index is 13.4. The van der Waals surface area contributed by atoms with Crippen LogP contribution in [0.1, 0.15) is 49.6 Å². The fraction of sp³-hybridized carbons (Fsp3) is 0.417. The molecule has 0 bridgehead atoms. The minimum Gasteiger partial charge on any atom is -0.609 e. The van der Waals surface area contributed by atoms with Gasteiger partial charge < -0.3 is 19.8 Å². The van der Waals surface area contributed by atoms with Crippen molar-refractivity contribution in [1.29, 1.82) is 0 Å². The number of para-hydroxylation sites is 1. The van der Waals surface area contributed by atoms with Crippen LogP contribution in [-0.2, 0) is 17.7 Å². The summed E-state index contributed by atoms with van der Waals surface area (Å²) in [6.07, 6.45) is 7.31. The van der Waals surface area contributed by atoms with Crippen LogP contribution in [0.25, 0.3) is 11.3 Å². The molecule has 1 fully saturated rings. The zero-order valence-corrected chi connectivity index (χ0v) is 20.5. The normalized spacial score (nSPS) is 15.8. The lowest BCUT2D eigenvalue weighted by atomic mass is 10.1. The van der Waals surface area contributed by atoms with E-state index in [-0.39, 0.29) is 11.2 Å². The molecule has 1 aromatic carbocycles. The Morgan fingerprint density at radius 1 is 1.21 bits per heavy atom. The van der Waals surface area contributed by atoms with Crippen molar-refractivity contribution in [3.8, 4) is 5.69 Å². The topological polar surface area (TPSA) is 108 Å². The molecule has 178 valence electrons. The summed E-state index contributed by atoms with van der Waals surface area (Å²) in [5.41, 5.74) is 3.87. The molecular formula is C24H30N8OS. The number of fused-ring (bicyclic) bond motifs is 1. The zero-order chi connectivity index (χ0) is 23.7. The first-order valence-electron chi connectivity index (χ1n) is 11.7. The minimum absolute atomic E-state index is 0.0620. The maximum absolute atomic E-state index is 13.4. The Bertz CT molecular complexity index is 1280. The van der Waals surface area contributed by atoms with Gasteiger partial charge in [-0.15, -0.1) is 4.98 Å². The van der Waals surface area contributed by atoms with Crippen molar-refractivity contribution in [1.82, 2.24) is 34.4 Å². The molecule has 1 aliphatic rings. The van der Waals surface area contributed by atoms with Gasteiger partial charge in [-0.2, -0.15) is 14.6 Å². The van der Waals surface area contributed by atoms with Crippen LogP contribution in [-0.4, -0.2) is 52.0 Å². The molecule has 1 unspecified atom stereocenters. The fourth-order valence-corrected chi connectivity index (χ4v) is 5.66. The summed E-state index contributed by atoms with van der Waals surface area (Å²) >= 11 is -1.28. The first kappa shape index (κ1) is 22.8. The van der Waals surface area contributed by atoms with E-state index in [1.807, 2.05) is 31.5 Å². The largest absolute Gasteiger partial charge is 0.609 e. The van der Waals surface area contributed by atoms with Gasteiger partial charge in [-0.1, -0.05) is 32.0 Å². The van der Waals surface area contributed by atoms with E-state index in [1.165, 1.54) is 0 Å². The van der Waals surface area contributed by atoms with E-state index in [2.05, 4.69) is 51.3 Å². The van der Waals surface area contributed by atoms with E-state index in [0.29, 0.717) is 23.3 Å². The first-order valence-corrected chi connectivity index (χ1v) is 12.9. The van der Waals surface area contributed by atoms with Gasteiger partial charge in [0.1, 0.15) is 11.1 Å². The molecule has 0 spiro atoms. The molecule has 5 rings (SSSR count). The molecule has 0 saturated carbocycles. The number of hydrogen-bond donors (Lipinski definition) is 2. The lowest BCUT2D eigenvalue weighted by Crippen LogP contribution is -2.36. The molecule has 1 aliphatic heterocycles. The van der Waals surface area contributed by atoms with Gasteiger partial charge >= 0.3 is 5.16 Å². The number of hydrogen-bond acceptors (Lipinski definition) is 7. The van der Waals surface area contributed by atoms with Gasteiger partial charge in [0.2, 0.25) is 5.95 Å². The molecule has 4 heterocycles. The molecule has 4 aromatic rings. The molecule has 0 amide bonds. The number of imidazole rings is 1. The Morgan fingerprint density at radius 2 is 2.00 bits per heavy atom. The van der Waals surface area contributed by atoms with E-state index < -0.39 is 11.2 Å². The van der Waals surface area contributed by atoms with E-state index in [4.69, 9.17) is 9.97 Å². The summed E-state index contributed by atoms with van der Waals surface area (Å²) in [4.78, 5) is 13.8. The summed E-state index contributed by atoms with van der Waals surface area (Å²) in [7, 11) is 0. The summed E-state index contributed by atoms with van der Waals surface area (Å²) in [5.74, 6) is 1.71. The van der Waals surface area contributed by atoms with Crippen LogP contribution in [0.5, 0.6) is 0 Å². The van der Waals surface area contributed by atoms with Crippen molar-refractivity contribution in [2.75, 3.05) is 18.4 Å². The zero-order valence-electron chi connectivity index (χ0n) is 19.7. The molecule has 1 atom stereocenters. The number of piperidine rings is 1. The van der Waals surface area contributed by atoms with Crippen LogP contribution in [0.15, 0.2) is 48.0 Å². The fourth-order valence-electron chi connectivity index (χ4n) is 4.35. The predicted molar refractivity (Wildman–Crippen MR) is 133 cm³/mol. The average molecular weight is 479 g/mol. The molecule has 9 nitrogen and oxygen atoms in total. The van der Waals surface area contributed by atoms with E-state index >= 15 is 0 Å². The molecule has 0 radical (unpaired) electrons. The highest BCUT2D eigenvalue weighted by Crippen LogP contribution is 2.26. The molecule has 2 N–H and O–H groups in total. The third-order valence-electron chi connectivity index (χ3n) is 6.28. The van der Waals surface area contributed by atoms with Crippen molar-refractivity contribution in [2.45, 2.75) is 56.5 Å². The smallest absolute Gasteiger partial charge is 0.348 e. The highest BCUT2D eigenvalue weighted by Gasteiger charge is 2.31. The molecule has 1 saturated heterocycles. The van der Waals surface area contributed by atoms with Gasteiger partial charge in [0.15, 0.2) is 5.65 Å². The highest BCUT2D eigenvalue weighted by atomic mass is 32.2. The van der Waals surface area contributed by atoms with Crippen molar-refractivity contribution in [2.24, 2.45) is 0 Å². The second-order valence-electron chi connectivity index (χ2n) is 8.89. The summed E-state index contributed by atoms with van der Waals surface area (Å²) < 4.78 is 17.2. The Balaban J connectivity index is 1.50. The second kappa shape index (κ2) is 9.73. The molecule has 3 aromatic heterocycles. The highest BCUT2D eigenvalue weighted by molar-refractivity contribution is 7.91. The number of nitrogens with zero attached hydrogens (tertiary/aromatic N) is 6. The lowest BCUT2D eigenvalue weighted by Gasteiger charge is -2.24. The molecular weight excluding hydrogens is 448 g/mol. The lowest BCUT2D eigenvalue weighted by molar-refractivity contribution is 0.492. The molecule has 0 aliphatic carbocycles. The minimum atomic E-state index is -1.28. The second-order valence-corrected chi connectivity index (χ2v) is 10.5. The Kier molecular flexibility index (Phi) is 6.53. The Labute approximate surface area is 202 Å². The first-order chi connectivity index (χ1) is 16.5. The number of rotatable bonds is 7. The summed E-state index contributed by atoms with van der Waals surface area (Å²) in [6.45, 7) is 8.48. The van der Waals surface area contributed by atoms with Crippen molar-refractivity contribution in [3.05, 3.63) is 59.8 Å². The van der Waals surface area contributed by atoms with Crippen molar-refractivity contribution >= 4 is 22.8 Å². The number of anilines is 1. The van der Waals surface area contributed by atoms with Crippen LogP contribution >= 0.6 is 0 Å². The van der Waals surface area contributed by atoms with Gasteiger partial charge in [-0.25, -0.2) is 4.98 Å². The number of nitrogens with one attached hydrogen (secondary N) is 2. The number of benzene rings is 1. The average Bonchev–Trinajstić information content (AvgIpc) is 3.49. The Morgan fingerprint density at radius 3 is 2.74 bits per heavy atom. The van der Waals surface area contributed by atoms with Gasteiger partial charge in [0.05, 0.1) is 11.9 Å². The maximum Gasteiger partial charge on any atom is 0.348 e. The third kappa shape index (κ3) is 4.40. The van der Waals surface area contributed by atoms with Gasteiger partial charge in [0.25, 0.3) is 0 Å². The third-order valence-corrected chi connectivity index (χ3v) is 7.90. The van der Waals surface area contributed by atoms with Crippen molar-refractivity contribution < 1.29 is 4.55 Å². The van der Waals surface area contributed by atoms with Crippen molar-refractivity contribution in [3.63, 3.8) is 0 Å². The quantitative estimate of drug-likeness (QED) is 0.393. The van der Waals surface area contributed by atoms with Crippen LogP contribution in [0.2, 0.25) is 0 Å². The Hall–Kier alpha value is -2.95. The molecule has 10 heteroatoms. The standard InChI is InChI=1S/C24H30N8OS/c1-16(2)20-15-28-32-22(20)29-24(34(33)19-8-10-25-11-9-19)30-23(32)27-14-18-6-4-5-7-21(18)31-13-12-26-17(31)3/h4-7,12-13,15-16,19,25H,8-11,14H2,1-3H3,(H,27,29,30). The van der Waals surface area contributed by atoms with Crippen LogP contribution in [0.4, 0.5) is 5.95 Å². The SMILES string of the molecule is Cc1nccn1-c1ccccc1CNc1nc([S+]([O-])C2CCNCC2)nc2c(C(C)C)cnn12. The van der Waals surface area contributed by atoms with E-state index in [0.717, 1.165) is 48.6 Å². The van der Waals surface area contributed by atoms with E-state index in [1.54, 1.807) is 10.7 Å². The van der Waals surface area contributed by atoms with Crippen LogP contribution in [0.3, 0.4) is 0 Å². The monoisotopic (exact) mass is 478 g/mol. The van der Waals surface area contributed by atoms with Gasteiger partial charge in [-0.05, 0) is 37.6 Å². The number of aromatic nitrogens is 6. The van der Waals surface area contributed by atoms with Gasteiger partial charge in [0, 0.05) is 48.5 Å². The summed E-state index contributed by atoms with van der Waals surface area (Å²) in [6, 6.07) is 8.19. The predicted octanol–water partition coefficient (Wildman–Crippen LogP) is 3.21. The number of aryl methyl sites for hydroxylation is 1. The van der Waals surface area contributed by atoms with E-state index in [9.17, 15) is 4.55 Å². The van der Waals surface area contributed by atoms with Crippen LogP contribution in [0, 0.1) is 6.92 Å². The van der Waals surface area contributed by atoms with Crippen LogP contribution < -0.4 is 10.6 Å². The summed E-state index contributed by atoms with van der Waals surface area (Å²) in [5, 5.41) is 11.8. The molecule has 34 heavy (non-hydrogen) atoms.